The molecule has 1 aromatic heterocycles. The van der Waals surface area contributed by atoms with E-state index in [4.69, 9.17) is 5.26 Å². The van der Waals surface area contributed by atoms with Gasteiger partial charge in [0.2, 0.25) is 5.91 Å². The van der Waals surface area contributed by atoms with Gasteiger partial charge < -0.3 is 10.2 Å². The third-order valence-electron chi connectivity index (χ3n) is 2.13. The van der Waals surface area contributed by atoms with Gasteiger partial charge in [0.15, 0.2) is 0 Å². The van der Waals surface area contributed by atoms with Gasteiger partial charge in [0, 0.05) is 14.1 Å². The molecular weight excluding hydrogens is 224 g/mol. The summed E-state index contributed by atoms with van der Waals surface area (Å²) in [6, 6.07) is 1.72. The van der Waals surface area contributed by atoms with Gasteiger partial charge in [-0.3, -0.25) is 4.79 Å². The smallest absolute Gasteiger partial charge is 0.244 e. The third kappa shape index (κ3) is 2.49. The summed E-state index contributed by atoms with van der Waals surface area (Å²) in [5.74, 6) is -0.0325. The first-order valence-corrected chi connectivity index (χ1v) is 5.58. The van der Waals surface area contributed by atoms with E-state index in [0.717, 1.165) is 0 Å². The Morgan fingerprint density at radius 1 is 1.62 bits per heavy atom. The van der Waals surface area contributed by atoms with E-state index in [9.17, 15) is 4.79 Å². The van der Waals surface area contributed by atoms with Crippen molar-refractivity contribution >= 4 is 22.4 Å². The average molecular weight is 238 g/mol. The summed E-state index contributed by atoms with van der Waals surface area (Å²) in [6.45, 7) is 3.54. The molecule has 0 aliphatic heterocycles. The summed E-state index contributed by atoms with van der Waals surface area (Å²) in [4.78, 5) is 13.1. The molecule has 16 heavy (non-hydrogen) atoms. The third-order valence-corrected chi connectivity index (χ3v) is 3.00. The van der Waals surface area contributed by atoms with Crippen LogP contribution in [0.4, 0.5) is 5.00 Å². The summed E-state index contributed by atoms with van der Waals surface area (Å²) in [7, 11) is 3.40. The van der Waals surface area contributed by atoms with Crippen molar-refractivity contribution in [2.75, 3.05) is 19.4 Å². The van der Waals surface area contributed by atoms with E-state index in [1.807, 2.05) is 0 Å². The molecule has 0 fully saturated rings. The van der Waals surface area contributed by atoms with Crippen LogP contribution < -0.4 is 5.32 Å². The zero-order valence-electron chi connectivity index (χ0n) is 9.74. The van der Waals surface area contributed by atoms with Crippen LogP contribution in [-0.2, 0) is 4.79 Å². The summed E-state index contributed by atoms with van der Waals surface area (Å²) in [5.41, 5.74) is 1.21. The number of hydrogen-bond donors (Lipinski definition) is 1. The van der Waals surface area contributed by atoms with Gasteiger partial charge in [0.25, 0.3) is 0 Å². The van der Waals surface area contributed by atoms with Gasteiger partial charge >= 0.3 is 0 Å². The number of aromatic nitrogens is 1. The fourth-order valence-electron chi connectivity index (χ4n) is 1.25. The van der Waals surface area contributed by atoms with Crippen LogP contribution in [0.3, 0.4) is 0 Å². The number of amides is 1. The second kappa shape index (κ2) is 4.94. The fourth-order valence-corrected chi connectivity index (χ4v) is 2.08. The molecule has 0 bridgehead atoms. The molecule has 0 radical (unpaired) electrons. The lowest BCUT2D eigenvalue weighted by atomic mass is 10.2. The molecule has 1 rings (SSSR count). The summed E-state index contributed by atoms with van der Waals surface area (Å²) in [5, 5.41) is 12.6. The topological polar surface area (TPSA) is 69.0 Å². The monoisotopic (exact) mass is 238 g/mol. The Morgan fingerprint density at radius 3 is 2.75 bits per heavy atom. The molecule has 1 N–H and O–H groups in total. The van der Waals surface area contributed by atoms with Crippen molar-refractivity contribution < 1.29 is 4.79 Å². The van der Waals surface area contributed by atoms with Crippen LogP contribution in [0.25, 0.3) is 0 Å². The second-order valence-electron chi connectivity index (χ2n) is 3.68. The number of rotatable bonds is 3. The van der Waals surface area contributed by atoms with Crippen molar-refractivity contribution in [3.8, 4) is 6.07 Å². The molecule has 1 atom stereocenters. The Kier molecular flexibility index (Phi) is 3.85. The van der Waals surface area contributed by atoms with E-state index in [1.54, 1.807) is 27.9 Å². The maximum absolute atomic E-state index is 11.6. The van der Waals surface area contributed by atoms with Crippen molar-refractivity contribution in [3.63, 3.8) is 0 Å². The van der Waals surface area contributed by atoms with E-state index in [1.165, 1.54) is 16.4 Å². The van der Waals surface area contributed by atoms with E-state index >= 15 is 0 Å². The molecule has 1 heterocycles. The summed E-state index contributed by atoms with van der Waals surface area (Å²) in [6.07, 6.45) is 0. The van der Waals surface area contributed by atoms with Crippen molar-refractivity contribution in [3.05, 3.63) is 11.3 Å². The van der Waals surface area contributed by atoms with Gasteiger partial charge in [-0.25, -0.2) is 0 Å². The first-order valence-electron chi connectivity index (χ1n) is 4.81. The van der Waals surface area contributed by atoms with Crippen molar-refractivity contribution in [1.82, 2.24) is 9.27 Å². The highest BCUT2D eigenvalue weighted by Gasteiger charge is 2.18. The van der Waals surface area contributed by atoms with Crippen LogP contribution in [0.5, 0.6) is 0 Å². The highest BCUT2D eigenvalue weighted by atomic mass is 32.1. The number of carbonyl (C=O) groups excluding carboxylic acids is 1. The van der Waals surface area contributed by atoms with Crippen molar-refractivity contribution in [2.45, 2.75) is 19.9 Å². The number of carbonyl (C=O) groups is 1. The number of nitrogens with zero attached hydrogens (tertiary/aromatic N) is 3. The predicted octanol–water partition coefficient (Wildman–Crippen LogP) is 1.21. The van der Waals surface area contributed by atoms with Crippen LogP contribution in [0, 0.1) is 18.3 Å². The first-order chi connectivity index (χ1) is 7.47. The first kappa shape index (κ1) is 12.5. The standard InChI is InChI=1S/C10H14N4OS/c1-6-8(5-11)9(16-13-6)12-7(2)10(15)14(3)4/h7,12H,1-4H3. The minimum Gasteiger partial charge on any atom is -0.363 e. The zero-order chi connectivity index (χ0) is 12.3. The number of nitriles is 1. The molecule has 0 aliphatic rings. The quantitative estimate of drug-likeness (QED) is 0.859. The van der Waals surface area contributed by atoms with Crippen molar-refractivity contribution in [2.24, 2.45) is 0 Å². The lowest BCUT2D eigenvalue weighted by Gasteiger charge is -2.17. The molecule has 5 nitrogen and oxygen atoms in total. The van der Waals surface area contributed by atoms with E-state index in [0.29, 0.717) is 16.3 Å². The maximum atomic E-state index is 11.6. The summed E-state index contributed by atoms with van der Waals surface area (Å²) >= 11 is 1.20. The number of nitrogens with one attached hydrogen (secondary N) is 1. The summed E-state index contributed by atoms with van der Waals surface area (Å²) < 4.78 is 4.08. The Labute approximate surface area is 98.9 Å². The van der Waals surface area contributed by atoms with Crippen LogP contribution in [-0.4, -0.2) is 35.3 Å². The molecule has 0 spiro atoms. The molecule has 0 saturated carbocycles. The Morgan fingerprint density at radius 2 is 2.25 bits per heavy atom. The van der Waals surface area contributed by atoms with Gasteiger partial charge in [-0.05, 0) is 25.4 Å². The lowest BCUT2D eigenvalue weighted by molar-refractivity contribution is -0.129. The highest BCUT2D eigenvalue weighted by molar-refractivity contribution is 7.10. The minimum absolute atomic E-state index is 0.0325. The zero-order valence-corrected chi connectivity index (χ0v) is 10.6. The van der Waals surface area contributed by atoms with Gasteiger partial charge in [0.05, 0.1) is 5.69 Å². The molecule has 6 heteroatoms. The Balaban J connectivity index is 2.82. The van der Waals surface area contributed by atoms with Gasteiger partial charge in [-0.1, -0.05) is 0 Å². The molecular formula is C10H14N4OS. The molecule has 0 saturated heterocycles. The van der Waals surface area contributed by atoms with Crippen LogP contribution >= 0.6 is 11.5 Å². The van der Waals surface area contributed by atoms with Gasteiger partial charge in [0.1, 0.15) is 22.7 Å². The number of likely N-dealkylation sites (N-methyl/N-ethyl adjacent to an activating group) is 1. The molecule has 86 valence electrons. The van der Waals surface area contributed by atoms with Crippen LogP contribution in [0.2, 0.25) is 0 Å². The Bertz CT molecular complexity index is 433. The maximum Gasteiger partial charge on any atom is 0.244 e. The van der Waals surface area contributed by atoms with Crippen LogP contribution in [0.15, 0.2) is 0 Å². The molecule has 0 aliphatic carbocycles. The number of aryl methyl sites for hydroxylation is 1. The normalized spacial score (nSPS) is 11.7. The molecule has 1 aromatic rings. The second-order valence-corrected chi connectivity index (χ2v) is 4.46. The predicted molar refractivity (Wildman–Crippen MR) is 63.3 cm³/mol. The van der Waals surface area contributed by atoms with E-state index in [-0.39, 0.29) is 11.9 Å². The molecule has 1 amide bonds. The molecule has 0 aromatic carbocycles. The van der Waals surface area contributed by atoms with E-state index in [2.05, 4.69) is 15.8 Å². The minimum atomic E-state index is -0.359. The Hall–Kier alpha value is -1.61. The average Bonchev–Trinajstić information content (AvgIpc) is 2.57. The lowest BCUT2D eigenvalue weighted by Crippen LogP contribution is -2.36. The largest absolute Gasteiger partial charge is 0.363 e. The fraction of sp³-hybridized carbons (Fsp3) is 0.500. The number of hydrogen-bond acceptors (Lipinski definition) is 5. The number of anilines is 1. The van der Waals surface area contributed by atoms with Crippen molar-refractivity contribution in [1.29, 1.82) is 5.26 Å². The highest BCUT2D eigenvalue weighted by Crippen LogP contribution is 2.24. The molecule has 1 unspecified atom stereocenters. The van der Waals surface area contributed by atoms with Crippen LogP contribution in [0.1, 0.15) is 18.2 Å². The van der Waals surface area contributed by atoms with Gasteiger partial charge in [-0.2, -0.15) is 9.64 Å². The van der Waals surface area contributed by atoms with E-state index < -0.39 is 0 Å². The SMILES string of the molecule is Cc1nsc(NC(C)C(=O)N(C)C)c1C#N. The van der Waals surface area contributed by atoms with Gasteiger partial charge in [-0.15, -0.1) is 0 Å².